The van der Waals surface area contributed by atoms with Crippen molar-refractivity contribution >= 4 is 11.6 Å². The van der Waals surface area contributed by atoms with Gasteiger partial charge in [-0.25, -0.2) is 0 Å². The van der Waals surface area contributed by atoms with Gasteiger partial charge in [-0.3, -0.25) is 0 Å². The summed E-state index contributed by atoms with van der Waals surface area (Å²) in [6.07, 6.45) is 9.19. The maximum absolute atomic E-state index is 6.06. The molecule has 2 bridgehead atoms. The zero-order valence-corrected chi connectivity index (χ0v) is 8.72. The Morgan fingerprint density at radius 1 is 1.31 bits per heavy atom. The smallest absolute Gasteiger partial charge is 0.0640 e. The molecule has 1 aliphatic carbocycles. The van der Waals surface area contributed by atoms with E-state index in [0.717, 1.165) is 11.8 Å². The van der Waals surface area contributed by atoms with Crippen molar-refractivity contribution < 1.29 is 4.74 Å². The molecule has 1 nitrogen and oxygen atoms in total. The van der Waals surface area contributed by atoms with E-state index in [1.54, 1.807) is 0 Å². The highest BCUT2D eigenvalue weighted by Gasteiger charge is 2.57. The molecule has 4 unspecified atom stereocenters. The zero-order chi connectivity index (χ0) is 8.89. The Morgan fingerprint density at radius 2 is 2.23 bits per heavy atom. The fourth-order valence-electron chi connectivity index (χ4n) is 3.93. The maximum atomic E-state index is 6.06. The van der Waals surface area contributed by atoms with Gasteiger partial charge < -0.3 is 4.74 Å². The number of hydrogen-bond donors (Lipinski definition) is 0. The Hall–Kier alpha value is 0.250. The molecule has 0 aromatic heterocycles. The lowest BCUT2D eigenvalue weighted by atomic mass is 9.68. The van der Waals surface area contributed by atoms with Crippen molar-refractivity contribution in [2.24, 2.45) is 11.3 Å². The first kappa shape index (κ1) is 8.55. The number of hydrogen-bond acceptors (Lipinski definition) is 1. The van der Waals surface area contributed by atoms with Gasteiger partial charge in [0.15, 0.2) is 0 Å². The standard InChI is InChI=1S/C11H17ClO/c12-7-8-2-1-5-11(8)6-9-3-4-10(11)13-9/h8-10H,1-7H2. The van der Waals surface area contributed by atoms with Gasteiger partial charge in [0, 0.05) is 11.3 Å². The second kappa shape index (κ2) is 2.87. The average Bonchev–Trinajstić information content (AvgIpc) is 2.80. The molecule has 0 aromatic carbocycles. The minimum atomic E-state index is 0.519. The largest absolute Gasteiger partial charge is 0.374 e. The van der Waals surface area contributed by atoms with Crippen LogP contribution < -0.4 is 0 Å². The van der Waals surface area contributed by atoms with Crippen LogP contribution in [0.2, 0.25) is 0 Å². The summed E-state index contributed by atoms with van der Waals surface area (Å²) in [5.41, 5.74) is 0.519. The molecular weight excluding hydrogens is 184 g/mol. The molecule has 2 heteroatoms. The SMILES string of the molecule is ClCC1CCCC12CC1CCC2O1. The summed E-state index contributed by atoms with van der Waals surface area (Å²) < 4.78 is 5.98. The molecule has 2 aliphatic heterocycles. The fourth-order valence-corrected chi connectivity index (χ4v) is 4.39. The van der Waals surface area contributed by atoms with Crippen molar-refractivity contribution in [1.82, 2.24) is 0 Å². The van der Waals surface area contributed by atoms with Crippen LogP contribution in [0, 0.1) is 11.3 Å². The third-order valence-electron chi connectivity index (χ3n) is 4.55. The molecule has 2 heterocycles. The second-order valence-electron chi connectivity index (χ2n) is 5.00. The lowest BCUT2D eigenvalue weighted by Gasteiger charge is -2.36. The lowest BCUT2D eigenvalue weighted by molar-refractivity contribution is 0.0457. The zero-order valence-electron chi connectivity index (χ0n) is 7.97. The topological polar surface area (TPSA) is 9.23 Å². The van der Waals surface area contributed by atoms with Crippen LogP contribution in [0.15, 0.2) is 0 Å². The minimum absolute atomic E-state index is 0.519. The van der Waals surface area contributed by atoms with Gasteiger partial charge in [-0.1, -0.05) is 6.42 Å². The van der Waals surface area contributed by atoms with Crippen molar-refractivity contribution in [3.8, 4) is 0 Å². The fraction of sp³-hybridized carbons (Fsp3) is 1.00. The highest BCUT2D eigenvalue weighted by atomic mass is 35.5. The number of halogens is 1. The number of ether oxygens (including phenoxy) is 1. The molecule has 0 N–H and O–H groups in total. The Morgan fingerprint density at radius 3 is 2.85 bits per heavy atom. The molecule has 3 fully saturated rings. The number of rotatable bonds is 1. The van der Waals surface area contributed by atoms with Gasteiger partial charge in [0.1, 0.15) is 0 Å². The quantitative estimate of drug-likeness (QED) is 0.592. The summed E-state index contributed by atoms with van der Waals surface area (Å²) in [5.74, 6) is 1.61. The van der Waals surface area contributed by atoms with Crippen molar-refractivity contribution in [3.05, 3.63) is 0 Å². The van der Waals surface area contributed by atoms with Crippen molar-refractivity contribution in [2.45, 2.75) is 50.7 Å². The highest BCUT2D eigenvalue weighted by Crippen LogP contribution is 2.59. The molecule has 13 heavy (non-hydrogen) atoms. The Bertz CT molecular complexity index is 212. The van der Waals surface area contributed by atoms with Gasteiger partial charge >= 0.3 is 0 Å². The summed E-state index contributed by atoms with van der Waals surface area (Å²) in [6, 6.07) is 0. The van der Waals surface area contributed by atoms with Crippen LogP contribution >= 0.6 is 11.6 Å². The Balaban J connectivity index is 1.88. The van der Waals surface area contributed by atoms with Crippen LogP contribution in [0.5, 0.6) is 0 Å². The van der Waals surface area contributed by atoms with Crippen LogP contribution in [-0.4, -0.2) is 18.1 Å². The first-order valence-electron chi connectivity index (χ1n) is 5.56. The van der Waals surface area contributed by atoms with E-state index in [9.17, 15) is 0 Å². The molecule has 3 rings (SSSR count). The van der Waals surface area contributed by atoms with Crippen LogP contribution in [0.3, 0.4) is 0 Å². The van der Waals surface area contributed by atoms with Gasteiger partial charge in [-0.05, 0) is 38.0 Å². The highest BCUT2D eigenvalue weighted by molar-refractivity contribution is 6.18. The molecule has 1 spiro atoms. The van der Waals surface area contributed by atoms with Gasteiger partial charge in [-0.15, -0.1) is 11.6 Å². The molecule has 0 aromatic rings. The Labute approximate surface area is 84.8 Å². The van der Waals surface area contributed by atoms with E-state index in [2.05, 4.69) is 0 Å². The predicted molar refractivity (Wildman–Crippen MR) is 53.0 cm³/mol. The predicted octanol–water partition coefficient (Wildman–Crippen LogP) is 2.96. The molecule has 74 valence electrons. The molecule has 1 saturated carbocycles. The van der Waals surface area contributed by atoms with Crippen molar-refractivity contribution in [2.75, 3.05) is 5.88 Å². The molecule has 2 saturated heterocycles. The molecule has 4 atom stereocenters. The average molecular weight is 201 g/mol. The third kappa shape index (κ3) is 1.04. The van der Waals surface area contributed by atoms with Crippen molar-refractivity contribution in [1.29, 1.82) is 0 Å². The number of alkyl halides is 1. The maximum Gasteiger partial charge on any atom is 0.0640 e. The normalized spacial score (nSPS) is 53.8. The van der Waals surface area contributed by atoms with E-state index >= 15 is 0 Å². The summed E-state index contributed by atoms with van der Waals surface area (Å²) >= 11 is 6.06. The first-order chi connectivity index (χ1) is 6.35. The van der Waals surface area contributed by atoms with Gasteiger partial charge in [0.25, 0.3) is 0 Å². The van der Waals surface area contributed by atoms with Gasteiger partial charge in [-0.2, -0.15) is 0 Å². The van der Waals surface area contributed by atoms with E-state index in [4.69, 9.17) is 16.3 Å². The molecule has 0 amide bonds. The molecular formula is C11H17ClO. The summed E-state index contributed by atoms with van der Waals surface area (Å²) in [5, 5.41) is 0. The monoisotopic (exact) mass is 200 g/mol. The van der Waals surface area contributed by atoms with Crippen molar-refractivity contribution in [3.63, 3.8) is 0 Å². The molecule has 0 radical (unpaired) electrons. The van der Waals surface area contributed by atoms with Crippen LogP contribution in [0.4, 0.5) is 0 Å². The van der Waals surface area contributed by atoms with Crippen LogP contribution in [0.25, 0.3) is 0 Å². The van der Waals surface area contributed by atoms with E-state index in [-0.39, 0.29) is 0 Å². The van der Waals surface area contributed by atoms with E-state index in [1.165, 1.54) is 38.5 Å². The van der Waals surface area contributed by atoms with E-state index in [0.29, 0.717) is 17.6 Å². The molecule has 3 aliphatic rings. The third-order valence-corrected chi connectivity index (χ3v) is 4.92. The minimum Gasteiger partial charge on any atom is -0.374 e. The summed E-state index contributed by atoms with van der Waals surface area (Å²) in [4.78, 5) is 0. The number of fused-ring (bicyclic) bond motifs is 3. The van der Waals surface area contributed by atoms with Crippen LogP contribution in [-0.2, 0) is 4.74 Å². The van der Waals surface area contributed by atoms with E-state index < -0.39 is 0 Å². The summed E-state index contributed by atoms with van der Waals surface area (Å²) in [7, 11) is 0. The lowest BCUT2D eigenvalue weighted by Crippen LogP contribution is -2.36. The second-order valence-corrected chi connectivity index (χ2v) is 5.31. The Kier molecular flexibility index (Phi) is 1.89. The van der Waals surface area contributed by atoms with Gasteiger partial charge in [0.05, 0.1) is 12.2 Å². The summed E-state index contributed by atoms with van der Waals surface area (Å²) in [6.45, 7) is 0. The van der Waals surface area contributed by atoms with Gasteiger partial charge in [0.2, 0.25) is 0 Å². The first-order valence-corrected chi connectivity index (χ1v) is 6.10. The van der Waals surface area contributed by atoms with E-state index in [1.807, 2.05) is 0 Å². The van der Waals surface area contributed by atoms with Crippen LogP contribution in [0.1, 0.15) is 38.5 Å².